The minimum atomic E-state index is 0.568. The van der Waals surface area contributed by atoms with E-state index in [1.54, 1.807) is 0 Å². The Hall–Kier alpha value is -0.380. The maximum atomic E-state index is 6.48. The molecule has 0 aromatic heterocycles. The molecule has 0 bridgehead atoms. The van der Waals surface area contributed by atoms with Gasteiger partial charge in [0.15, 0.2) is 0 Å². The van der Waals surface area contributed by atoms with Gasteiger partial charge in [0.1, 0.15) is 0 Å². The standard InChI is InChI=1S/C15H21ClN2S/c1-11-10-19-8-7-18(11)15-12(3-2-4-14(15)16)9-17-13-5-6-13/h2-4,11,13,17H,5-10H2,1H3. The van der Waals surface area contributed by atoms with Crippen LogP contribution >= 0.6 is 23.4 Å². The Morgan fingerprint density at radius 3 is 3.00 bits per heavy atom. The molecule has 1 saturated carbocycles. The van der Waals surface area contributed by atoms with Crippen molar-refractivity contribution in [1.29, 1.82) is 0 Å². The van der Waals surface area contributed by atoms with Gasteiger partial charge in [0.05, 0.1) is 10.7 Å². The molecular weight excluding hydrogens is 276 g/mol. The largest absolute Gasteiger partial charge is 0.366 e. The van der Waals surface area contributed by atoms with Gasteiger partial charge in [0, 0.05) is 36.7 Å². The van der Waals surface area contributed by atoms with Crippen molar-refractivity contribution in [3.8, 4) is 0 Å². The minimum absolute atomic E-state index is 0.568. The van der Waals surface area contributed by atoms with Crippen LogP contribution in [0.25, 0.3) is 0 Å². The average Bonchev–Trinajstić information content (AvgIpc) is 3.22. The van der Waals surface area contributed by atoms with Crippen LogP contribution in [0.3, 0.4) is 0 Å². The van der Waals surface area contributed by atoms with E-state index in [-0.39, 0.29) is 0 Å². The Morgan fingerprint density at radius 2 is 2.26 bits per heavy atom. The lowest BCUT2D eigenvalue weighted by Gasteiger charge is -2.37. The van der Waals surface area contributed by atoms with E-state index >= 15 is 0 Å². The van der Waals surface area contributed by atoms with Crippen LogP contribution < -0.4 is 10.2 Å². The predicted molar refractivity (Wildman–Crippen MR) is 85.4 cm³/mol. The Bertz CT molecular complexity index is 448. The van der Waals surface area contributed by atoms with E-state index in [0.717, 1.165) is 24.2 Å². The van der Waals surface area contributed by atoms with Gasteiger partial charge >= 0.3 is 0 Å². The summed E-state index contributed by atoms with van der Waals surface area (Å²) in [6.07, 6.45) is 2.65. The highest BCUT2D eigenvalue weighted by Gasteiger charge is 2.25. The molecule has 4 heteroatoms. The van der Waals surface area contributed by atoms with E-state index < -0.39 is 0 Å². The second-order valence-corrected chi connectivity index (χ2v) is 7.08. The number of halogens is 1. The number of hydrogen-bond acceptors (Lipinski definition) is 3. The molecule has 1 heterocycles. The van der Waals surface area contributed by atoms with Crippen LogP contribution in [0.4, 0.5) is 5.69 Å². The topological polar surface area (TPSA) is 15.3 Å². The second kappa shape index (κ2) is 5.94. The first kappa shape index (κ1) is 13.6. The first-order valence-corrected chi connectivity index (χ1v) is 8.64. The molecule has 1 aliphatic carbocycles. The van der Waals surface area contributed by atoms with Crippen LogP contribution in [0.5, 0.6) is 0 Å². The number of thioether (sulfide) groups is 1. The van der Waals surface area contributed by atoms with Gasteiger partial charge in [-0.3, -0.25) is 0 Å². The zero-order chi connectivity index (χ0) is 13.2. The molecule has 1 atom stereocenters. The Kier molecular flexibility index (Phi) is 4.25. The smallest absolute Gasteiger partial charge is 0.0643 e. The molecule has 0 radical (unpaired) electrons. The molecule has 2 nitrogen and oxygen atoms in total. The molecule has 1 unspecified atom stereocenters. The Labute approximate surface area is 124 Å². The Balaban J connectivity index is 1.83. The maximum absolute atomic E-state index is 6.48. The van der Waals surface area contributed by atoms with Crippen LogP contribution in [0.2, 0.25) is 5.02 Å². The van der Waals surface area contributed by atoms with Gasteiger partial charge in [0.2, 0.25) is 0 Å². The number of nitrogens with zero attached hydrogens (tertiary/aromatic N) is 1. The van der Waals surface area contributed by atoms with E-state index in [1.165, 1.54) is 35.6 Å². The van der Waals surface area contributed by atoms with Gasteiger partial charge < -0.3 is 10.2 Å². The van der Waals surface area contributed by atoms with E-state index in [0.29, 0.717) is 6.04 Å². The zero-order valence-electron chi connectivity index (χ0n) is 11.4. The number of anilines is 1. The molecule has 1 aromatic carbocycles. The summed E-state index contributed by atoms with van der Waals surface area (Å²) in [5.41, 5.74) is 2.60. The molecule has 3 rings (SSSR count). The summed E-state index contributed by atoms with van der Waals surface area (Å²) < 4.78 is 0. The fraction of sp³-hybridized carbons (Fsp3) is 0.600. The van der Waals surface area contributed by atoms with Gasteiger partial charge in [-0.15, -0.1) is 0 Å². The van der Waals surface area contributed by atoms with Crippen LogP contribution in [-0.4, -0.2) is 30.1 Å². The number of hydrogen-bond donors (Lipinski definition) is 1. The van der Waals surface area contributed by atoms with Crippen molar-refractivity contribution < 1.29 is 0 Å². The molecule has 2 fully saturated rings. The van der Waals surface area contributed by atoms with E-state index in [2.05, 4.69) is 29.3 Å². The van der Waals surface area contributed by atoms with Gasteiger partial charge in [-0.25, -0.2) is 0 Å². The molecule has 1 aromatic rings. The normalized spacial score (nSPS) is 23.7. The highest BCUT2D eigenvalue weighted by atomic mass is 35.5. The van der Waals surface area contributed by atoms with Crippen molar-refractivity contribution in [3.05, 3.63) is 28.8 Å². The van der Waals surface area contributed by atoms with Crippen molar-refractivity contribution in [2.24, 2.45) is 0 Å². The number of benzene rings is 1. The summed E-state index contributed by atoms with van der Waals surface area (Å²) >= 11 is 8.52. The third-order valence-electron chi connectivity index (χ3n) is 3.88. The molecule has 1 aliphatic heterocycles. The molecular formula is C15H21ClN2S. The summed E-state index contributed by atoms with van der Waals surface area (Å²) in [5, 5.41) is 4.50. The monoisotopic (exact) mass is 296 g/mol. The molecule has 19 heavy (non-hydrogen) atoms. The Morgan fingerprint density at radius 1 is 1.42 bits per heavy atom. The first-order chi connectivity index (χ1) is 9.25. The fourth-order valence-corrected chi connectivity index (χ4v) is 3.94. The molecule has 1 N–H and O–H groups in total. The molecule has 104 valence electrons. The first-order valence-electron chi connectivity index (χ1n) is 7.11. The van der Waals surface area contributed by atoms with Crippen LogP contribution in [0.15, 0.2) is 18.2 Å². The number of para-hydroxylation sites is 1. The van der Waals surface area contributed by atoms with Crippen LogP contribution in [-0.2, 0) is 6.54 Å². The molecule has 0 amide bonds. The zero-order valence-corrected chi connectivity index (χ0v) is 12.9. The number of nitrogens with one attached hydrogen (secondary N) is 1. The summed E-state index contributed by atoms with van der Waals surface area (Å²) in [5.74, 6) is 2.39. The predicted octanol–water partition coefficient (Wildman–Crippen LogP) is 3.53. The van der Waals surface area contributed by atoms with Gasteiger partial charge in [-0.1, -0.05) is 23.7 Å². The summed E-state index contributed by atoms with van der Waals surface area (Å²) in [6, 6.07) is 7.61. The lowest BCUT2D eigenvalue weighted by molar-refractivity contribution is 0.666. The molecule has 0 spiro atoms. The quantitative estimate of drug-likeness (QED) is 0.915. The van der Waals surface area contributed by atoms with E-state index in [9.17, 15) is 0 Å². The van der Waals surface area contributed by atoms with Crippen molar-refractivity contribution in [2.75, 3.05) is 23.0 Å². The van der Waals surface area contributed by atoms with E-state index in [4.69, 9.17) is 11.6 Å². The number of rotatable bonds is 4. The van der Waals surface area contributed by atoms with Crippen molar-refractivity contribution in [2.45, 2.75) is 38.4 Å². The summed E-state index contributed by atoms with van der Waals surface area (Å²) in [4.78, 5) is 2.49. The highest BCUT2D eigenvalue weighted by molar-refractivity contribution is 7.99. The third kappa shape index (κ3) is 3.21. The SMILES string of the molecule is CC1CSCCN1c1c(Cl)cccc1CNC1CC1. The lowest BCUT2D eigenvalue weighted by atomic mass is 10.1. The highest BCUT2D eigenvalue weighted by Crippen LogP contribution is 2.34. The summed E-state index contributed by atoms with van der Waals surface area (Å²) in [7, 11) is 0. The van der Waals surface area contributed by atoms with E-state index in [1.807, 2.05) is 17.8 Å². The van der Waals surface area contributed by atoms with Gasteiger partial charge in [-0.05, 0) is 31.4 Å². The molecule has 1 saturated heterocycles. The van der Waals surface area contributed by atoms with Gasteiger partial charge in [0.25, 0.3) is 0 Å². The van der Waals surface area contributed by atoms with Crippen molar-refractivity contribution in [3.63, 3.8) is 0 Å². The molecule has 2 aliphatic rings. The maximum Gasteiger partial charge on any atom is 0.0643 e. The average molecular weight is 297 g/mol. The summed E-state index contributed by atoms with van der Waals surface area (Å²) in [6.45, 7) is 4.34. The lowest BCUT2D eigenvalue weighted by Crippen LogP contribution is -2.41. The fourth-order valence-electron chi connectivity index (χ4n) is 2.63. The van der Waals surface area contributed by atoms with Crippen molar-refractivity contribution in [1.82, 2.24) is 5.32 Å². The van der Waals surface area contributed by atoms with Crippen LogP contribution in [0.1, 0.15) is 25.3 Å². The van der Waals surface area contributed by atoms with Crippen LogP contribution in [0, 0.1) is 0 Å². The van der Waals surface area contributed by atoms with Gasteiger partial charge in [-0.2, -0.15) is 11.8 Å². The minimum Gasteiger partial charge on any atom is -0.366 e. The third-order valence-corrected chi connectivity index (χ3v) is 5.38. The van der Waals surface area contributed by atoms with Crippen molar-refractivity contribution >= 4 is 29.1 Å². The second-order valence-electron chi connectivity index (χ2n) is 5.52.